The number of anilines is 1. The number of hydrogen-bond acceptors (Lipinski definition) is 3. The van der Waals surface area contributed by atoms with E-state index in [4.69, 9.17) is 4.74 Å². The molecule has 6 atom stereocenters. The van der Waals surface area contributed by atoms with Gasteiger partial charge in [0.05, 0.1) is 16.7 Å². The maximum atomic E-state index is 12.7. The van der Waals surface area contributed by atoms with Crippen LogP contribution in [0.3, 0.4) is 0 Å². The Morgan fingerprint density at radius 2 is 2.14 bits per heavy atom. The fourth-order valence-electron chi connectivity index (χ4n) is 4.28. The van der Waals surface area contributed by atoms with Crippen molar-refractivity contribution in [1.29, 1.82) is 0 Å². The third-order valence-corrected chi connectivity index (χ3v) is 7.34. The molecule has 6 heteroatoms. The quantitative estimate of drug-likeness (QED) is 0.581. The van der Waals surface area contributed by atoms with Crippen LogP contribution >= 0.6 is 31.9 Å². The van der Waals surface area contributed by atoms with Crippen molar-refractivity contribution < 1.29 is 14.3 Å². The minimum Gasteiger partial charge on any atom is -0.461 e. The SMILES string of the molecule is Cc1cc(NC(=O)C2C3CC4C(OC(=O)C42)C3Br)ccc1Br. The zero-order valence-corrected chi connectivity index (χ0v) is 15.1. The number of ether oxygens (including phenoxy) is 1. The van der Waals surface area contributed by atoms with Gasteiger partial charge in [0.25, 0.3) is 0 Å². The van der Waals surface area contributed by atoms with Crippen LogP contribution in [0, 0.1) is 30.6 Å². The van der Waals surface area contributed by atoms with E-state index >= 15 is 0 Å². The number of alkyl halides is 1. The van der Waals surface area contributed by atoms with E-state index in [1.807, 2.05) is 25.1 Å². The van der Waals surface area contributed by atoms with Crippen molar-refractivity contribution in [3.8, 4) is 0 Å². The first-order chi connectivity index (χ1) is 10.5. The second kappa shape index (κ2) is 5.06. The Kier molecular flexibility index (Phi) is 3.38. The van der Waals surface area contributed by atoms with E-state index < -0.39 is 0 Å². The summed E-state index contributed by atoms with van der Waals surface area (Å²) in [6.07, 6.45) is 0.857. The topological polar surface area (TPSA) is 55.4 Å². The molecule has 1 aromatic carbocycles. The molecule has 4 rings (SSSR count). The number of aryl methyl sites for hydroxylation is 1. The number of carbonyl (C=O) groups is 2. The van der Waals surface area contributed by atoms with Crippen LogP contribution in [0.1, 0.15) is 12.0 Å². The van der Waals surface area contributed by atoms with Crippen LogP contribution in [-0.2, 0) is 14.3 Å². The molecule has 3 fully saturated rings. The largest absolute Gasteiger partial charge is 0.461 e. The highest BCUT2D eigenvalue weighted by Gasteiger charge is 2.67. The molecule has 1 heterocycles. The summed E-state index contributed by atoms with van der Waals surface area (Å²) < 4.78 is 6.45. The lowest BCUT2D eigenvalue weighted by Crippen LogP contribution is -2.40. The van der Waals surface area contributed by atoms with E-state index in [0.717, 1.165) is 22.1 Å². The molecule has 4 nitrogen and oxygen atoms in total. The first kappa shape index (κ1) is 14.7. The molecular formula is C16H15Br2NO3. The Labute approximate surface area is 145 Å². The molecule has 2 saturated carbocycles. The number of nitrogens with one attached hydrogen (secondary N) is 1. The summed E-state index contributed by atoms with van der Waals surface area (Å²) in [6.45, 7) is 1.98. The molecule has 6 unspecified atom stereocenters. The van der Waals surface area contributed by atoms with Crippen molar-refractivity contribution in [3.63, 3.8) is 0 Å². The van der Waals surface area contributed by atoms with Crippen LogP contribution in [0.5, 0.6) is 0 Å². The third-order valence-electron chi connectivity index (χ3n) is 5.25. The monoisotopic (exact) mass is 427 g/mol. The molecular weight excluding hydrogens is 414 g/mol. The Bertz CT molecular complexity index is 677. The smallest absolute Gasteiger partial charge is 0.310 e. The minimum atomic E-state index is -0.287. The van der Waals surface area contributed by atoms with Crippen molar-refractivity contribution in [2.45, 2.75) is 24.3 Å². The Morgan fingerprint density at radius 3 is 2.86 bits per heavy atom. The van der Waals surface area contributed by atoms with Gasteiger partial charge in [0.1, 0.15) is 6.10 Å². The Hall–Kier alpha value is -0.880. The highest BCUT2D eigenvalue weighted by atomic mass is 79.9. The van der Waals surface area contributed by atoms with Crippen molar-refractivity contribution in [3.05, 3.63) is 28.2 Å². The van der Waals surface area contributed by atoms with Crippen LogP contribution in [0.25, 0.3) is 0 Å². The standard InChI is InChI=1S/C16H15Br2NO3/c1-6-4-7(2-3-10(6)17)19-15(20)11-8-5-9-12(11)16(21)22-14(9)13(8)18/h2-4,8-9,11-14H,5H2,1H3,(H,19,20). The molecule has 3 aliphatic rings. The first-order valence-corrected chi connectivity index (χ1v) is 9.10. The molecule has 2 aliphatic carbocycles. The molecule has 22 heavy (non-hydrogen) atoms. The lowest BCUT2D eigenvalue weighted by molar-refractivity contribution is -0.145. The van der Waals surface area contributed by atoms with E-state index in [-0.39, 0.29) is 46.5 Å². The molecule has 1 saturated heterocycles. The highest BCUT2D eigenvalue weighted by Crippen LogP contribution is 2.60. The predicted molar refractivity (Wildman–Crippen MR) is 88.7 cm³/mol. The second-order valence-electron chi connectivity index (χ2n) is 6.41. The molecule has 0 aromatic heterocycles. The van der Waals surface area contributed by atoms with Gasteiger partial charge in [-0.15, -0.1) is 0 Å². The normalized spacial score (nSPS) is 38.2. The maximum Gasteiger partial charge on any atom is 0.310 e. The summed E-state index contributed by atoms with van der Waals surface area (Å²) in [7, 11) is 0. The fraction of sp³-hybridized carbons (Fsp3) is 0.500. The van der Waals surface area contributed by atoms with Gasteiger partial charge in [0.15, 0.2) is 0 Å². The summed E-state index contributed by atoms with van der Waals surface area (Å²) in [4.78, 5) is 24.9. The van der Waals surface area contributed by atoms with E-state index in [1.54, 1.807) is 0 Å². The van der Waals surface area contributed by atoms with Crippen molar-refractivity contribution in [2.24, 2.45) is 23.7 Å². The maximum absolute atomic E-state index is 12.7. The molecule has 1 aromatic rings. The van der Waals surface area contributed by atoms with Crippen LogP contribution in [0.2, 0.25) is 0 Å². The average Bonchev–Trinajstić information content (AvgIpc) is 3.07. The fourth-order valence-corrected chi connectivity index (χ4v) is 5.57. The molecule has 2 bridgehead atoms. The van der Waals surface area contributed by atoms with Gasteiger partial charge in [-0.25, -0.2) is 0 Å². The van der Waals surface area contributed by atoms with Gasteiger partial charge >= 0.3 is 5.97 Å². The summed E-state index contributed by atoms with van der Waals surface area (Å²) in [5, 5.41) is 2.97. The van der Waals surface area contributed by atoms with Gasteiger partial charge in [-0.2, -0.15) is 0 Å². The van der Waals surface area contributed by atoms with E-state index in [0.29, 0.717) is 0 Å². The average molecular weight is 429 g/mol. The summed E-state index contributed by atoms with van der Waals surface area (Å²) in [5.41, 5.74) is 1.83. The number of fused-ring (bicyclic) bond motifs is 1. The number of amides is 1. The first-order valence-electron chi connectivity index (χ1n) is 7.39. The zero-order chi connectivity index (χ0) is 15.6. The number of esters is 1. The van der Waals surface area contributed by atoms with Gasteiger partial charge in [0.2, 0.25) is 5.91 Å². The predicted octanol–water partition coefficient (Wildman–Crippen LogP) is 3.27. The van der Waals surface area contributed by atoms with E-state index in [1.165, 1.54) is 0 Å². The molecule has 116 valence electrons. The number of halogens is 2. The molecule has 0 spiro atoms. The van der Waals surface area contributed by atoms with E-state index in [2.05, 4.69) is 37.2 Å². The molecule has 1 amide bonds. The molecule has 1 aliphatic heterocycles. The van der Waals surface area contributed by atoms with Crippen LogP contribution in [0.4, 0.5) is 5.69 Å². The lowest BCUT2D eigenvalue weighted by Gasteiger charge is -2.27. The van der Waals surface area contributed by atoms with Crippen molar-refractivity contribution in [1.82, 2.24) is 0 Å². The van der Waals surface area contributed by atoms with Gasteiger partial charge in [-0.3, -0.25) is 9.59 Å². The minimum absolute atomic E-state index is 0.0403. The van der Waals surface area contributed by atoms with Gasteiger partial charge < -0.3 is 10.1 Å². The lowest BCUT2D eigenvalue weighted by atomic mass is 9.79. The van der Waals surface area contributed by atoms with Crippen LogP contribution in [-0.4, -0.2) is 22.8 Å². The molecule has 0 radical (unpaired) electrons. The number of rotatable bonds is 2. The zero-order valence-electron chi connectivity index (χ0n) is 11.9. The number of hydrogen-bond donors (Lipinski definition) is 1. The second-order valence-corrected chi connectivity index (χ2v) is 8.33. The Morgan fingerprint density at radius 1 is 1.36 bits per heavy atom. The van der Waals surface area contributed by atoms with Gasteiger partial charge in [-0.1, -0.05) is 31.9 Å². The van der Waals surface area contributed by atoms with Crippen molar-refractivity contribution >= 4 is 49.4 Å². The Balaban J connectivity index is 1.58. The summed E-state index contributed by atoms with van der Waals surface area (Å²) in [6, 6.07) is 5.71. The third kappa shape index (κ3) is 1.99. The summed E-state index contributed by atoms with van der Waals surface area (Å²) in [5.74, 6) is -0.440. The van der Waals surface area contributed by atoms with Crippen LogP contribution < -0.4 is 5.32 Å². The van der Waals surface area contributed by atoms with Gasteiger partial charge in [0, 0.05) is 16.1 Å². The summed E-state index contributed by atoms with van der Waals surface area (Å²) >= 11 is 7.08. The molecule has 1 N–H and O–H groups in total. The van der Waals surface area contributed by atoms with Crippen LogP contribution in [0.15, 0.2) is 22.7 Å². The van der Waals surface area contributed by atoms with Crippen molar-refractivity contribution in [2.75, 3.05) is 5.32 Å². The highest BCUT2D eigenvalue weighted by molar-refractivity contribution is 9.10. The number of carbonyl (C=O) groups excluding carboxylic acids is 2. The van der Waals surface area contributed by atoms with Gasteiger partial charge in [-0.05, 0) is 43.0 Å². The number of benzene rings is 1. The van der Waals surface area contributed by atoms with E-state index in [9.17, 15) is 9.59 Å².